The average Bonchev–Trinajstić information content (AvgIpc) is 2.96. The van der Waals surface area contributed by atoms with Gasteiger partial charge in [-0.15, -0.1) is 0 Å². The fourth-order valence-corrected chi connectivity index (χ4v) is 5.22. The van der Waals surface area contributed by atoms with Gasteiger partial charge in [-0.3, -0.25) is 24.1 Å². The van der Waals surface area contributed by atoms with E-state index in [1.165, 1.54) is 7.11 Å². The largest absolute Gasteiger partial charge is 0.494 e. The van der Waals surface area contributed by atoms with Crippen LogP contribution in [0.4, 0.5) is 17.1 Å². The summed E-state index contributed by atoms with van der Waals surface area (Å²) in [6, 6.07) is 14.2. The van der Waals surface area contributed by atoms with E-state index in [1.54, 1.807) is 23.1 Å². The minimum absolute atomic E-state index is 0.0721. The highest BCUT2D eigenvalue weighted by molar-refractivity contribution is 6.00. The third kappa shape index (κ3) is 4.63. The number of benzene rings is 2. The Hall–Kier alpha value is -4.18. The first kappa shape index (κ1) is 25.5. The zero-order chi connectivity index (χ0) is 26.8. The molecule has 0 aliphatic carbocycles. The van der Waals surface area contributed by atoms with Crippen LogP contribution in [0, 0.1) is 0 Å². The Bertz CT molecular complexity index is 1420. The summed E-state index contributed by atoms with van der Waals surface area (Å²) in [6.45, 7) is 4.77. The number of anilines is 3. The molecule has 2 heterocycles. The summed E-state index contributed by atoms with van der Waals surface area (Å²) < 4.78 is 5.62. The maximum Gasteiger partial charge on any atom is 0.257 e. The monoisotopic (exact) mass is 517 g/mol. The Morgan fingerprint density at radius 1 is 1.03 bits per heavy atom. The molecule has 2 aliphatic rings. The number of nitrogens with one attached hydrogen (secondary N) is 3. The lowest BCUT2D eigenvalue weighted by Crippen LogP contribution is -2.64. The normalized spacial score (nSPS) is 18.4. The van der Waals surface area contributed by atoms with Gasteiger partial charge in [0.05, 0.1) is 24.4 Å². The SMILES string of the molecule is CCC(Nc1c(Nc2cccc(C(=O)N3CCN4CCNC(=O)C4C3)c2OC)c(=O)c1=O)c1ccccc1. The van der Waals surface area contributed by atoms with Crippen LogP contribution in [0.5, 0.6) is 5.75 Å². The molecule has 2 amide bonds. The third-order valence-electron chi connectivity index (χ3n) is 7.33. The average molecular weight is 518 g/mol. The highest BCUT2D eigenvalue weighted by Crippen LogP contribution is 2.34. The van der Waals surface area contributed by atoms with E-state index in [9.17, 15) is 19.2 Å². The summed E-state index contributed by atoms with van der Waals surface area (Å²) in [5.41, 5.74) is 0.848. The lowest BCUT2D eigenvalue weighted by Gasteiger charge is -2.43. The van der Waals surface area contributed by atoms with Gasteiger partial charge < -0.3 is 25.6 Å². The van der Waals surface area contributed by atoms with Crippen LogP contribution in [0.1, 0.15) is 35.3 Å². The number of rotatable bonds is 8. The molecule has 0 saturated carbocycles. The summed E-state index contributed by atoms with van der Waals surface area (Å²) in [5.74, 6) is -0.0683. The van der Waals surface area contributed by atoms with E-state index >= 15 is 0 Å². The Morgan fingerprint density at radius 3 is 2.53 bits per heavy atom. The molecule has 0 aromatic heterocycles. The van der Waals surface area contributed by atoms with Crippen molar-refractivity contribution in [2.75, 3.05) is 50.5 Å². The van der Waals surface area contributed by atoms with E-state index in [-0.39, 0.29) is 47.6 Å². The molecule has 5 rings (SSSR count). The number of piperazine rings is 2. The predicted octanol–water partition coefficient (Wildman–Crippen LogP) is 1.85. The van der Waals surface area contributed by atoms with E-state index < -0.39 is 10.9 Å². The summed E-state index contributed by atoms with van der Waals surface area (Å²) in [4.78, 5) is 54.7. The van der Waals surface area contributed by atoms with Gasteiger partial charge in [0, 0.05) is 32.7 Å². The van der Waals surface area contributed by atoms with E-state index in [0.29, 0.717) is 37.3 Å². The molecular weight excluding hydrogens is 486 g/mol. The van der Waals surface area contributed by atoms with Crippen LogP contribution in [-0.4, -0.2) is 67.5 Å². The molecule has 0 radical (unpaired) electrons. The number of nitrogens with zero attached hydrogens (tertiary/aromatic N) is 2. The molecule has 10 heteroatoms. The fourth-order valence-electron chi connectivity index (χ4n) is 5.22. The first-order valence-electron chi connectivity index (χ1n) is 12.8. The Labute approximate surface area is 220 Å². The van der Waals surface area contributed by atoms with E-state index in [0.717, 1.165) is 12.1 Å². The standard InChI is InChI=1S/C28H31N5O5/c1-3-19(17-8-5-4-6-9-17)30-22-23(25(35)24(22)34)31-20-11-7-10-18(26(20)38-2)28(37)33-15-14-32-13-12-29-27(36)21(32)16-33/h4-11,19,21,30-31H,3,12-16H2,1-2H3,(H,29,36). The maximum absolute atomic E-state index is 13.5. The van der Waals surface area contributed by atoms with Crippen molar-refractivity contribution in [3.8, 4) is 5.75 Å². The summed E-state index contributed by atoms with van der Waals surface area (Å²) in [6.07, 6.45) is 0.710. The number of carbonyl (C=O) groups excluding carboxylic acids is 2. The Kier molecular flexibility index (Phi) is 7.15. The first-order chi connectivity index (χ1) is 18.4. The van der Waals surface area contributed by atoms with Crippen molar-refractivity contribution >= 4 is 28.9 Å². The molecule has 10 nitrogen and oxygen atoms in total. The molecule has 198 valence electrons. The van der Waals surface area contributed by atoms with Crippen LogP contribution < -0.4 is 31.5 Å². The highest BCUT2D eigenvalue weighted by Gasteiger charge is 2.37. The molecule has 0 bridgehead atoms. The number of methoxy groups -OCH3 is 1. The Balaban J connectivity index is 1.38. The van der Waals surface area contributed by atoms with Crippen molar-refractivity contribution in [2.45, 2.75) is 25.4 Å². The molecule has 2 fully saturated rings. The molecule has 2 saturated heterocycles. The quantitative estimate of drug-likeness (QED) is 0.388. The molecule has 2 aliphatic heterocycles. The van der Waals surface area contributed by atoms with Gasteiger partial charge >= 0.3 is 0 Å². The lowest BCUT2D eigenvalue weighted by atomic mass is 10.0. The van der Waals surface area contributed by atoms with Gasteiger partial charge in [0.1, 0.15) is 17.4 Å². The number of hydrogen-bond acceptors (Lipinski definition) is 8. The molecule has 38 heavy (non-hydrogen) atoms. The van der Waals surface area contributed by atoms with Crippen molar-refractivity contribution in [2.24, 2.45) is 0 Å². The summed E-state index contributed by atoms with van der Waals surface area (Å²) in [5, 5.41) is 9.12. The van der Waals surface area contributed by atoms with Crippen molar-refractivity contribution in [3.63, 3.8) is 0 Å². The number of hydrogen-bond donors (Lipinski definition) is 3. The fraction of sp³-hybridized carbons (Fsp3) is 0.357. The van der Waals surface area contributed by atoms with Gasteiger partial charge in [0.2, 0.25) is 5.91 Å². The molecule has 3 aromatic rings. The second-order valence-corrected chi connectivity index (χ2v) is 9.53. The molecule has 3 aromatic carbocycles. The van der Waals surface area contributed by atoms with Gasteiger partial charge in [-0.25, -0.2) is 0 Å². The van der Waals surface area contributed by atoms with Gasteiger partial charge in [0.25, 0.3) is 16.8 Å². The van der Waals surface area contributed by atoms with Gasteiger partial charge in [-0.1, -0.05) is 43.3 Å². The Morgan fingerprint density at radius 2 is 1.79 bits per heavy atom. The van der Waals surface area contributed by atoms with E-state index in [1.807, 2.05) is 37.3 Å². The number of amides is 2. The zero-order valence-electron chi connectivity index (χ0n) is 21.5. The van der Waals surface area contributed by atoms with Crippen LogP contribution in [-0.2, 0) is 4.79 Å². The number of carbonyl (C=O) groups is 2. The smallest absolute Gasteiger partial charge is 0.257 e. The molecule has 2 unspecified atom stereocenters. The second kappa shape index (κ2) is 10.7. The minimum Gasteiger partial charge on any atom is -0.494 e. The minimum atomic E-state index is -0.631. The van der Waals surface area contributed by atoms with Crippen LogP contribution in [0.2, 0.25) is 0 Å². The number of para-hydroxylation sites is 1. The van der Waals surface area contributed by atoms with Crippen molar-refractivity contribution < 1.29 is 14.3 Å². The van der Waals surface area contributed by atoms with Gasteiger partial charge in [0.15, 0.2) is 5.75 Å². The topological polar surface area (TPSA) is 120 Å². The number of fused-ring (bicyclic) bond motifs is 1. The van der Waals surface area contributed by atoms with Crippen molar-refractivity contribution in [3.05, 3.63) is 80.1 Å². The molecule has 3 N–H and O–H groups in total. The van der Waals surface area contributed by atoms with Gasteiger partial charge in [-0.2, -0.15) is 0 Å². The zero-order valence-corrected chi connectivity index (χ0v) is 21.5. The van der Waals surface area contributed by atoms with Crippen LogP contribution in [0.25, 0.3) is 0 Å². The summed E-state index contributed by atoms with van der Waals surface area (Å²) in [7, 11) is 1.45. The molecule has 0 spiro atoms. The van der Waals surface area contributed by atoms with E-state index in [4.69, 9.17) is 4.74 Å². The van der Waals surface area contributed by atoms with Crippen molar-refractivity contribution in [1.29, 1.82) is 0 Å². The van der Waals surface area contributed by atoms with Gasteiger partial charge in [-0.05, 0) is 24.1 Å². The highest BCUT2D eigenvalue weighted by atomic mass is 16.5. The maximum atomic E-state index is 13.5. The molecule has 2 atom stereocenters. The van der Waals surface area contributed by atoms with Crippen molar-refractivity contribution in [1.82, 2.24) is 15.1 Å². The first-order valence-corrected chi connectivity index (χ1v) is 12.8. The number of ether oxygens (including phenoxy) is 1. The van der Waals surface area contributed by atoms with Crippen LogP contribution in [0.15, 0.2) is 58.1 Å². The lowest BCUT2D eigenvalue weighted by molar-refractivity contribution is -0.131. The van der Waals surface area contributed by atoms with E-state index in [2.05, 4.69) is 20.9 Å². The van der Waals surface area contributed by atoms with Crippen LogP contribution in [0.3, 0.4) is 0 Å². The predicted molar refractivity (Wildman–Crippen MR) is 145 cm³/mol. The van der Waals surface area contributed by atoms with Crippen LogP contribution >= 0.6 is 0 Å². The second-order valence-electron chi connectivity index (χ2n) is 9.53. The third-order valence-corrected chi connectivity index (χ3v) is 7.33. The summed E-state index contributed by atoms with van der Waals surface area (Å²) >= 11 is 0. The molecular formula is C28H31N5O5.